The van der Waals surface area contributed by atoms with Gasteiger partial charge in [0, 0.05) is 41.9 Å². The van der Waals surface area contributed by atoms with Gasteiger partial charge in [0.15, 0.2) is 0 Å². The number of benzene rings is 1. The van der Waals surface area contributed by atoms with Crippen molar-refractivity contribution in [3.63, 3.8) is 0 Å². The predicted octanol–water partition coefficient (Wildman–Crippen LogP) is 2.42. The zero-order valence-corrected chi connectivity index (χ0v) is 13.8. The van der Waals surface area contributed by atoms with Crippen LogP contribution in [0.4, 0.5) is 0 Å². The zero-order valence-electron chi connectivity index (χ0n) is 13.8. The molecule has 0 saturated carbocycles. The molecule has 0 fully saturated rings. The Labute approximate surface area is 140 Å². The fourth-order valence-electron chi connectivity index (χ4n) is 2.81. The zero-order chi connectivity index (χ0) is 17.3. The van der Waals surface area contributed by atoms with E-state index in [1.54, 1.807) is 11.0 Å². The van der Waals surface area contributed by atoms with Gasteiger partial charge in [0.05, 0.1) is 5.69 Å². The van der Waals surface area contributed by atoms with Crippen molar-refractivity contribution in [1.29, 1.82) is 0 Å². The van der Waals surface area contributed by atoms with Crippen molar-refractivity contribution in [2.24, 2.45) is 0 Å². The number of aromatic nitrogens is 1. The molecular weight excluding hydrogens is 306 g/mol. The van der Waals surface area contributed by atoms with E-state index in [1.165, 1.54) is 0 Å². The third-order valence-corrected chi connectivity index (χ3v) is 4.25. The van der Waals surface area contributed by atoms with Crippen molar-refractivity contribution in [2.45, 2.75) is 26.8 Å². The number of fused-ring (bicyclic) bond motifs is 1. The molecule has 2 amide bonds. The molecule has 1 aromatic heterocycles. The van der Waals surface area contributed by atoms with Crippen LogP contribution in [0.2, 0.25) is 0 Å². The lowest BCUT2D eigenvalue weighted by atomic mass is 10.1. The molecule has 3 rings (SSSR count). The largest absolute Gasteiger partial charge is 0.361 e. The molecule has 6 heteroatoms. The van der Waals surface area contributed by atoms with E-state index in [1.807, 2.05) is 32.0 Å². The van der Waals surface area contributed by atoms with Gasteiger partial charge in [0.1, 0.15) is 5.76 Å². The number of hydrogen-bond donors (Lipinski definition) is 1. The fourth-order valence-corrected chi connectivity index (χ4v) is 2.81. The van der Waals surface area contributed by atoms with Gasteiger partial charge in [-0.05, 0) is 19.9 Å². The Bertz CT molecular complexity index is 768. The van der Waals surface area contributed by atoms with Crippen LogP contribution >= 0.6 is 0 Å². The number of amides is 2. The summed E-state index contributed by atoms with van der Waals surface area (Å²) in [6.45, 7) is 8.29. The number of rotatable bonds is 5. The standard InChI is InChI=1S/C18H19N3O3/c1-11-16(13(3)24-20-11)10-19-17(22)8-9-21-12(2)14-6-4-5-7-15(14)18(21)23/h4-7H,2,8-10H2,1,3H3,(H,19,22). The molecule has 124 valence electrons. The minimum absolute atomic E-state index is 0.103. The number of carbonyl (C=O) groups excluding carboxylic acids is 2. The van der Waals surface area contributed by atoms with Gasteiger partial charge < -0.3 is 14.7 Å². The van der Waals surface area contributed by atoms with Gasteiger partial charge in [0.2, 0.25) is 5.91 Å². The van der Waals surface area contributed by atoms with Crippen LogP contribution in [0.1, 0.15) is 39.4 Å². The van der Waals surface area contributed by atoms with Crippen LogP contribution in [0.3, 0.4) is 0 Å². The van der Waals surface area contributed by atoms with E-state index >= 15 is 0 Å². The summed E-state index contributed by atoms with van der Waals surface area (Å²) in [7, 11) is 0. The normalized spacial score (nSPS) is 13.3. The topological polar surface area (TPSA) is 75.4 Å². The van der Waals surface area contributed by atoms with E-state index < -0.39 is 0 Å². The molecule has 1 aromatic carbocycles. The molecule has 2 heterocycles. The van der Waals surface area contributed by atoms with E-state index in [4.69, 9.17) is 4.52 Å². The van der Waals surface area contributed by atoms with Gasteiger partial charge in [-0.2, -0.15) is 0 Å². The van der Waals surface area contributed by atoms with E-state index in [0.717, 1.165) is 16.8 Å². The lowest BCUT2D eigenvalue weighted by Crippen LogP contribution is -2.30. The molecule has 6 nitrogen and oxygen atoms in total. The first-order valence-electron chi connectivity index (χ1n) is 7.77. The maximum absolute atomic E-state index is 12.4. The second-order valence-electron chi connectivity index (χ2n) is 5.78. The Kier molecular flexibility index (Phi) is 4.20. The molecule has 0 unspecified atom stereocenters. The van der Waals surface area contributed by atoms with Crippen molar-refractivity contribution >= 4 is 17.5 Å². The Morgan fingerprint density at radius 2 is 2.00 bits per heavy atom. The molecule has 1 aliphatic heterocycles. The van der Waals surface area contributed by atoms with E-state index in [0.29, 0.717) is 30.1 Å². The first-order chi connectivity index (χ1) is 11.5. The second kappa shape index (κ2) is 6.31. The Hall–Kier alpha value is -2.89. The minimum Gasteiger partial charge on any atom is -0.361 e. The van der Waals surface area contributed by atoms with Gasteiger partial charge in [-0.15, -0.1) is 0 Å². The van der Waals surface area contributed by atoms with Crippen LogP contribution in [-0.2, 0) is 11.3 Å². The molecule has 24 heavy (non-hydrogen) atoms. The quantitative estimate of drug-likeness (QED) is 0.916. The predicted molar refractivity (Wildman–Crippen MR) is 89.0 cm³/mol. The molecule has 2 aromatic rings. The summed E-state index contributed by atoms with van der Waals surface area (Å²) >= 11 is 0. The number of hydrogen-bond acceptors (Lipinski definition) is 4. The third-order valence-electron chi connectivity index (χ3n) is 4.25. The van der Waals surface area contributed by atoms with E-state index in [2.05, 4.69) is 17.1 Å². The Morgan fingerprint density at radius 3 is 2.62 bits per heavy atom. The third kappa shape index (κ3) is 2.82. The summed E-state index contributed by atoms with van der Waals surface area (Å²) < 4.78 is 5.07. The van der Waals surface area contributed by atoms with Crippen LogP contribution in [-0.4, -0.2) is 28.4 Å². The molecule has 0 atom stereocenters. The molecule has 0 bridgehead atoms. The van der Waals surface area contributed by atoms with Crippen molar-refractivity contribution in [1.82, 2.24) is 15.4 Å². The SMILES string of the molecule is C=C1c2ccccc2C(=O)N1CCC(=O)NCc1c(C)noc1C. The Balaban J connectivity index is 1.56. The highest BCUT2D eigenvalue weighted by Gasteiger charge is 2.30. The average molecular weight is 325 g/mol. The van der Waals surface area contributed by atoms with E-state index in [9.17, 15) is 9.59 Å². The monoisotopic (exact) mass is 325 g/mol. The molecule has 0 aliphatic carbocycles. The van der Waals surface area contributed by atoms with Crippen molar-refractivity contribution in [3.05, 3.63) is 59.0 Å². The minimum atomic E-state index is -0.133. The van der Waals surface area contributed by atoms with Crippen LogP contribution in [0.5, 0.6) is 0 Å². The van der Waals surface area contributed by atoms with Crippen LogP contribution in [0.25, 0.3) is 5.70 Å². The van der Waals surface area contributed by atoms with Crippen molar-refractivity contribution in [3.8, 4) is 0 Å². The Morgan fingerprint density at radius 1 is 1.29 bits per heavy atom. The van der Waals surface area contributed by atoms with Gasteiger partial charge >= 0.3 is 0 Å². The first-order valence-corrected chi connectivity index (χ1v) is 7.77. The summed E-state index contributed by atoms with van der Waals surface area (Å²) in [5, 5.41) is 6.69. The van der Waals surface area contributed by atoms with Crippen molar-refractivity contribution < 1.29 is 14.1 Å². The maximum Gasteiger partial charge on any atom is 0.258 e. The van der Waals surface area contributed by atoms with Crippen LogP contribution in [0.15, 0.2) is 35.4 Å². The van der Waals surface area contributed by atoms with Crippen molar-refractivity contribution in [2.75, 3.05) is 6.54 Å². The molecule has 0 radical (unpaired) electrons. The highest BCUT2D eigenvalue weighted by Crippen LogP contribution is 2.30. The summed E-state index contributed by atoms with van der Waals surface area (Å²) in [5.74, 6) is 0.465. The van der Waals surface area contributed by atoms with Gasteiger partial charge in [0.25, 0.3) is 5.91 Å². The highest BCUT2D eigenvalue weighted by atomic mass is 16.5. The first kappa shape index (κ1) is 16.0. The lowest BCUT2D eigenvalue weighted by molar-refractivity contribution is -0.121. The van der Waals surface area contributed by atoms with Gasteiger partial charge in [-0.3, -0.25) is 9.59 Å². The molecule has 1 N–H and O–H groups in total. The average Bonchev–Trinajstić information content (AvgIpc) is 3.02. The molecule has 1 aliphatic rings. The van der Waals surface area contributed by atoms with Gasteiger partial charge in [-0.1, -0.05) is 29.9 Å². The van der Waals surface area contributed by atoms with Crippen LogP contribution < -0.4 is 5.32 Å². The van der Waals surface area contributed by atoms with Gasteiger partial charge in [-0.25, -0.2) is 0 Å². The van der Waals surface area contributed by atoms with E-state index in [-0.39, 0.29) is 18.2 Å². The number of nitrogens with one attached hydrogen (secondary N) is 1. The number of aryl methyl sites for hydroxylation is 2. The molecule has 0 saturated heterocycles. The summed E-state index contributed by atoms with van der Waals surface area (Å²) in [5.41, 5.74) is 3.77. The molecular formula is C18H19N3O3. The second-order valence-corrected chi connectivity index (χ2v) is 5.78. The summed E-state index contributed by atoms with van der Waals surface area (Å²) in [4.78, 5) is 26.0. The lowest BCUT2D eigenvalue weighted by Gasteiger charge is -2.17. The van der Waals surface area contributed by atoms with Crippen LogP contribution in [0, 0.1) is 13.8 Å². The fraction of sp³-hybridized carbons (Fsp3) is 0.278. The maximum atomic E-state index is 12.4. The smallest absolute Gasteiger partial charge is 0.258 e. The number of nitrogens with zero attached hydrogens (tertiary/aromatic N) is 2. The summed E-state index contributed by atoms with van der Waals surface area (Å²) in [6.07, 6.45) is 0.210. The molecule has 0 spiro atoms. The number of carbonyl (C=O) groups is 2. The highest BCUT2D eigenvalue weighted by molar-refractivity contribution is 6.08. The summed E-state index contributed by atoms with van der Waals surface area (Å²) in [6, 6.07) is 7.34.